The summed E-state index contributed by atoms with van der Waals surface area (Å²) in [7, 11) is 1.58. The van der Waals surface area contributed by atoms with Gasteiger partial charge in [0.15, 0.2) is 5.16 Å². The number of thioether (sulfide) groups is 1. The lowest BCUT2D eigenvalue weighted by molar-refractivity contribution is -0.113. The zero-order valence-electron chi connectivity index (χ0n) is 16.4. The van der Waals surface area contributed by atoms with Crippen LogP contribution in [0.2, 0.25) is 0 Å². The molecule has 3 aromatic rings. The van der Waals surface area contributed by atoms with Crippen LogP contribution in [0.3, 0.4) is 0 Å². The maximum absolute atomic E-state index is 12.9. The van der Waals surface area contributed by atoms with Crippen molar-refractivity contribution in [3.05, 3.63) is 46.4 Å². The minimum absolute atomic E-state index is 0.0167. The van der Waals surface area contributed by atoms with Gasteiger partial charge in [0, 0.05) is 23.5 Å². The van der Waals surface area contributed by atoms with Gasteiger partial charge in [0.25, 0.3) is 5.56 Å². The highest BCUT2D eigenvalue weighted by Crippen LogP contribution is 2.23. The number of methoxy groups -OCH3 is 1. The van der Waals surface area contributed by atoms with Gasteiger partial charge in [-0.25, -0.2) is 4.98 Å². The summed E-state index contributed by atoms with van der Waals surface area (Å²) < 4.78 is 6.84. The number of ether oxygens (including phenoxy) is 1. The lowest BCUT2D eigenvalue weighted by Crippen LogP contribution is -2.26. The molecule has 3 rings (SSSR count). The zero-order chi connectivity index (χ0) is 20.3. The summed E-state index contributed by atoms with van der Waals surface area (Å²) in [6, 6.07) is 9.01. The van der Waals surface area contributed by atoms with Gasteiger partial charge in [-0.2, -0.15) is 0 Å². The molecule has 2 aromatic heterocycles. The quantitative estimate of drug-likeness (QED) is 0.466. The number of hydrogen-bond donors (Lipinski definition) is 2. The summed E-state index contributed by atoms with van der Waals surface area (Å²) >= 11 is 1.26. The van der Waals surface area contributed by atoms with E-state index in [0.717, 1.165) is 12.1 Å². The van der Waals surface area contributed by atoms with Gasteiger partial charge in [0.1, 0.15) is 11.3 Å². The number of aromatic nitrogens is 3. The first kappa shape index (κ1) is 20.0. The number of hydrogen-bond acceptors (Lipinski definition) is 5. The SMILES string of the molecule is CCC(C)n1c(SCC(=O)Nc2cccc(OC)c2)nc2cc(C)[nH]c2c1=O. The van der Waals surface area contributed by atoms with Crippen LogP contribution >= 0.6 is 11.8 Å². The number of carbonyl (C=O) groups is 1. The number of benzene rings is 1. The van der Waals surface area contributed by atoms with Gasteiger partial charge in [0.05, 0.1) is 18.4 Å². The summed E-state index contributed by atoms with van der Waals surface area (Å²) in [5.74, 6) is 0.647. The van der Waals surface area contributed by atoms with E-state index in [9.17, 15) is 9.59 Å². The van der Waals surface area contributed by atoms with E-state index < -0.39 is 0 Å². The molecule has 8 heteroatoms. The summed E-state index contributed by atoms with van der Waals surface area (Å²) in [5.41, 5.74) is 2.56. The predicted molar refractivity (Wildman–Crippen MR) is 112 cm³/mol. The molecule has 0 aliphatic rings. The fourth-order valence-electron chi connectivity index (χ4n) is 2.89. The molecule has 0 saturated heterocycles. The van der Waals surface area contributed by atoms with E-state index in [0.29, 0.717) is 27.6 Å². The van der Waals surface area contributed by atoms with Crippen molar-refractivity contribution in [2.75, 3.05) is 18.2 Å². The Hall–Kier alpha value is -2.74. The monoisotopic (exact) mass is 400 g/mol. The average Bonchev–Trinajstić information content (AvgIpc) is 3.06. The Morgan fingerprint density at radius 2 is 2.18 bits per heavy atom. The van der Waals surface area contributed by atoms with E-state index in [2.05, 4.69) is 15.3 Å². The second kappa shape index (κ2) is 8.52. The zero-order valence-corrected chi connectivity index (χ0v) is 17.2. The van der Waals surface area contributed by atoms with Crippen LogP contribution in [0.25, 0.3) is 11.0 Å². The first-order valence-electron chi connectivity index (χ1n) is 9.11. The van der Waals surface area contributed by atoms with E-state index in [1.54, 1.807) is 23.8 Å². The molecule has 0 radical (unpaired) electrons. The van der Waals surface area contributed by atoms with Crippen molar-refractivity contribution in [1.29, 1.82) is 0 Å². The molecule has 0 aliphatic heterocycles. The van der Waals surface area contributed by atoms with Crippen molar-refractivity contribution in [2.24, 2.45) is 0 Å². The Kier molecular flexibility index (Phi) is 6.08. The largest absolute Gasteiger partial charge is 0.497 e. The van der Waals surface area contributed by atoms with Crippen molar-refractivity contribution in [3.8, 4) is 5.75 Å². The number of carbonyl (C=O) groups excluding carboxylic acids is 1. The van der Waals surface area contributed by atoms with Crippen LogP contribution in [0.1, 0.15) is 32.0 Å². The molecule has 1 atom stereocenters. The van der Waals surface area contributed by atoms with Crippen LogP contribution < -0.4 is 15.6 Å². The molecule has 28 heavy (non-hydrogen) atoms. The van der Waals surface area contributed by atoms with Crippen LogP contribution in [-0.4, -0.2) is 33.3 Å². The molecule has 1 unspecified atom stereocenters. The molecule has 7 nitrogen and oxygen atoms in total. The highest BCUT2D eigenvalue weighted by molar-refractivity contribution is 7.99. The van der Waals surface area contributed by atoms with Gasteiger partial charge in [-0.15, -0.1) is 0 Å². The molecule has 1 amide bonds. The first-order chi connectivity index (χ1) is 13.4. The van der Waals surface area contributed by atoms with E-state index in [4.69, 9.17) is 4.74 Å². The second-order valence-electron chi connectivity index (χ2n) is 6.61. The minimum atomic E-state index is -0.173. The van der Waals surface area contributed by atoms with Crippen LogP contribution in [0, 0.1) is 6.92 Å². The van der Waals surface area contributed by atoms with Crippen LogP contribution in [0.5, 0.6) is 5.75 Å². The Bertz CT molecular complexity index is 1060. The Morgan fingerprint density at radius 3 is 2.89 bits per heavy atom. The second-order valence-corrected chi connectivity index (χ2v) is 7.55. The summed E-state index contributed by atoms with van der Waals surface area (Å²) in [5, 5.41) is 3.39. The molecule has 0 fully saturated rings. The predicted octanol–water partition coefficient (Wildman–Crippen LogP) is 3.74. The lowest BCUT2D eigenvalue weighted by Gasteiger charge is -2.17. The minimum Gasteiger partial charge on any atom is -0.497 e. The van der Waals surface area contributed by atoms with Crippen molar-refractivity contribution in [2.45, 2.75) is 38.4 Å². The van der Waals surface area contributed by atoms with Crippen molar-refractivity contribution in [1.82, 2.24) is 14.5 Å². The molecule has 0 aliphatic carbocycles. The number of fused-ring (bicyclic) bond motifs is 1. The number of H-pyrrole nitrogens is 1. The van der Waals surface area contributed by atoms with E-state index in [1.807, 2.05) is 39.0 Å². The third-order valence-electron chi connectivity index (χ3n) is 4.50. The molecule has 2 heterocycles. The van der Waals surface area contributed by atoms with E-state index in [1.165, 1.54) is 11.8 Å². The maximum atomic E-state index is 12.9. The van der Waals surface area contributed by atoms with Gasteiger partial charge in [-0.05, 0) is 38.5 Å². The molecule has 2 N–H and O–H groups in total. The van der Waals surface area contributed by atoms with Crippen molar-refractivity contribution in [3.63, 3.8) is 0 Å². The highest BCUT2D eigenvalue weighted by atomic mass is 32.2. The smallest absolute Gasteiger partial charge is 0.278 e. The van der Waals surface area contributed by atoms with Crippen molar-refractivity contribution >= 4 is 34.4 Å². The van der Waals surface area contributed by atoms with Crippen LogP contribution in [0.15, 0.2) is 40.3 Å². The van der Waals surface area contributed by atoms with Crippen LogP contribution in [-0.2, 0) is 4.79 Å². The number of nitrogens with zero attached hydrogens (tertiary/aromatic N) is 2. The highest BCUT2D eigenvalue weighted by Gasteiger charge is 2.18. The number of aromatic amines is 1. The number of amides is 1. The first-order valence-corrected chi connectivity index (χ1v) is 10.1. The molecule has 0 saturated carbocycles. The van der Waals surface area contributed by atoms with Gasteiger partial charge in [-0.1, -0.05) is 24.8 Å². The molecule has 0 spiro atoms. The third kappa shape index (κ3) is 4.22. The number of rotatable bonds is 7. The standard InChI is InChI=1S/C20H24N4O3S/c1-5-13(3)24-19(26)18-16(9-12(2)21-18)23-20(24)28-11-17(25)22-14-7-6-8-15(10-14)27-4/h6-10,13,21H,5,11H2,1-4H3,(H,22,25). The van der Waals surface area contributed by atoms with E-state index in [-0.39, 0.29) is 23.3 Å². The normalized spacial score (nSPS) is 12.1. The topological polar surface area (TPSA) is 89.0 Å². The molecule has 148 valence electrons. The van der Waals surface area contributed by atoms with E-state index >= 15 is 0 Å². The fourth-order valence-corrected chi connectivity index (χ4v) is 3.79. The molecular weight excluding hydrogens is 376 g/mol. The molecule has 0 bridgehead atoms. The fraction of sp³-hybridized carbons (Fsp3) is 0.350. The van der Waals surface area contributed by atoms with Gasteiger partial charge in [0.2, 0.25) is 5.91 Å². The van der Waals surface area contributed by atoms with Crippen molar-refractivity contribution < 1.29 is 9.53 Å². The van der Waals surface area contributed by atoms with Gasteiger partial charge < -0.3 is 15.0 Å². The Balaban J connectivity index is 1.82. The lowest BCUT2D eigenvalue weighted by atomic mass is 10.2. The third-order valence-corrected chi connectivity index (χ3v) is 5.46. The number of anilines is 1. The maximum Gasteiger partial charge on any atom is 0.278 e. The summed E-state index contributed by atoms with van der Waals surface area (Å²) in [6.45, 7) is 5.89. The van der Waals surface area contributed by atoms with Crippen LogP contribution in [0.4, 0.5) is 5.69 Å². The average molecular weight is 401 g/mol. The summed E-state index contributed by atoms with van der Waals surface area (Å²) in [6.07, 6.45) is 0.788. The van der Waals surface area contributed by atoms with Gasteiger partial charge in [-0.3, -0.25) is 14.2 Å². The Morgan fingerprint density at radius 1 is 1.39 bits per heavy atom. The number of nitrogens with one attached hydrogen (secondary N) is 2. The Labute approximate surface area is 167 Å². The molecule has 1 aromatic carbocycles. The summed E-state index contributed by atoms with van der Waals surface area (Å²) in [4.78, 5) is 33.0. The number of aryl methyl sites for hydroxylation is 1. The van der Waals surface area contributed by atoms with Gasteiger partial charge >= 0.3 is 0 Å². The molecular formula is C20H24N4O3S.